The molecule has 4 rings (SSSR count). The number of benzene rings is 2. The van der Waals surface area contributed by atoms with Gasteiger partial charge in [0, 0.05) is 38.8 Å². The van der Waals surface area contributed by atoms with E-state index >= 15 is 0 Å². The average Bonchev–Trinajstić information content (AvgIpc) is 3.27. The molecule has 27 heavy (non-hydrogen) atoms. The smallest absolute Gasteiger partial charge is 0.142 e. The van der Waals surface area contributed by atoms with Gasteiger partial charge in [0.1, 0.15) is 5.75 Å². The van der Waals surface area contributed by atoms with Crippen LogP contribution in [0.1, 0.15) is 24.4 Å². The van der Waals surface area contributed by atoms with Crippen LogP contribution in [0.5, 0.6) is 5.75 Å². The van der Waals surface area contributed by atoms with E-state index in [2.05, 4.69) is 63.2 Å². The fraction of sp³-hybridized carbons (Fsp3) is 0.478. The van der Waals surface area contributed by atoms with Crippen molar-refractivity contribution in [2.24, 2.45) is 0 Å². The molecule has 0 N–H and O–H groups in total. The van der Waals surface area contributed by atoms with Gasteiger partial charge < -0.3 is 9.64 Å². The number of anilines is 1. The maximum Gasteiger partial charge on any atom is 0.142 e. The highest BCUT2D eigenvalue weighted by molar-refractivity contribution is 5.58. The van der Waals surface area contributed by atoms with Gasteiger partial charge in [-0.25, -0.2) is 0 Å². The first-order valence-electron chi connectivity index (χ1n) is 10.2. The molecule has 0 saturated carbocycles. The van der Waals surface area contributed by atoms with Crippen molar-refractivity contribution in [2.75, 3.05) is 57.8 Å². The number of ether oxygens (including phenoxy) is 1. The largest absolute Gasteiger partial charge is 0.495 e. The highest BCUT2D eigenvalue weighted by Crippen LogP contribution is 2.30. The summed E-state index contributed by atoms with van der Waals surface area (Å²) >= 11 is 0. The van der Waals surface area contributed by atoms with E-state index in [1.165, 1.54) is 37.2 Å². The van der Waals surface area contributed by atoms with Gasteiger partial charge in [-0.3, -0.25) is 9.80 Å². The number of hydrogen-bond donors (Lipinski definition) is 0. The van der Waals surface area contributed by atoms with E-state index in [9.17, 15) is 0 Å². The monoisotopic (exact) mass is 365 g/mol. The van der Waals surface area contributed by atoms with Crippen LogP contribution in [0.3, 0.4) is 0 Å². The molecule has 0 radical (unpaired) electrons. The van der Waals surface area contributed by atoms with Gasteiger partial charge in [-0.1, -0.05) is 42.5 Å². The number of methoxy groups -OCH3 is 1. The minimum Gasteiger partial charge on any atom is -0.495 e. The summed E-state index contributed by atoms with van der Waals surface area (Å²) in [6, 6.07) is 20.0. The van der Waals surface area contributed by atoms with Gasteiger partial charge in [-0.05, 0) is 43.6 Å². The molecule has 0 aliphatic carbocycles. The Balaban J connectivity index is 1.41. The second kappa shape index (κ2) is 8.77. The Hall–Kier alpha value is -2.04. The van der Waals surface area contributed by atoms with Gasteiger partial charge >= 0.3 is 0 Å². The Morgan fingerprint density at radius 2 is 1.48 bits per heavy atom. The summed E-state index contributed by atoms with van der Waals surface area (Å²) in [6.45, 7) is 7.93. The van der Waals surface area contributed by atoms with E-state index in [0.29, 0.717) is 6.04 Å². The summed E-state index contributed by atoms with van der Waals surface area (Å²) in [7, 11) is 1.76. The molecule has 4 heteroatoms. The maximum atomic E-state index is 5.55. The third-order valence-electron chi connectivity index (χ3n) is 6.00. The highest BCUT2D eigenvalue weighted by Gasteiger charge is 2.27. The summed E-state index contributed by atoms with van der Waals surface area (Å²) in [6.07, 6.45) is 2.68. The predicted octanol–water partition coefficient (Wildman–Crippen LogP) is 3.65. The Morgan fingerprint density at radius 3 is 2.19 bits per heavy atom. The Kier molecular flexibility index (Phi) is 5.95. The summed E-state index contributed by atoms with van der Waals surface area (Å²) in [4.78, 5) is 7.78. The molecular weight excluding hydrogens is 334 g/mol. The quantitative estimate of drug-likeness (QED) is 0.778. The number of likely N-dealkylation sites (tertiary alicyclic amines) is 1. The Morgan fingerprint density at radius 1 is 0.815 bits per heavy atom. The number of piperazine rings is 1. The molecule has 1 atom stereocenters. The topological polar surface area (TPSA) is 19.0 Å². The molecule has 4 nitrogen and oxygen atoms in total. The molecule has 144 valence electrons. The molecule has 0 aromatic heterocycles. The summed E-state index contributed by atoms with van der Waals surface area (Å²) in [5.41, 5.74) is 2.69. The fourth-order valence-corrected chi connectivity index (χ4v) is 4.47. The van der Waals surface area contributed by atoms with E-state index < -0.39 is 0 Å². The molecular formula is C23H31N3O. The summed E-state index contributed by atoms with van der Waals surface area (Å²) < 4.78 is 5.55. The molecule has 0 spiro atoms. The number of nitrogens with zero attached hydrogens (tertiary/aromatic N) is 3. The van der Waals surface area contributed by atoms with Crippen LogP contribution in [-0.4, -0.2) is 62.7 Å². The SMILES string of the molecule is COc1ccccc1N1CCN(CC(c2ccccc2)N2CCCC2)CC1. The lowest BCUT2D eigenvalue weighted by Gasteiger charge is -2.39. The van der Waals surface area contributed by atoms with Crippen molar-refractivity contribution >= 4 is 5.69 Å². The van der Waals surface area contributed by atoms with Crippen LogP contribution in [0.25, 0.3) is 0 Å². The van der Waals surface area contributed by atoms with Gasteiger partial charge in [0.2, 0.25) is 0 Å². The zero-order chi connectivity index (χ0) is 18.5. The molecule has 2 aromatic rings. The van der Waals surface area contributed by atoms with E-state index in [1.807, 2.05) is 6.07 Å². The van der Waals surface area contributed by atoms with E-state index in [4.69, 9.17) is 4.74 Å². The lowest BCUT2D eigenvalue weighted by atomic mass is 10.0. The van der Waals surface area contributed by atoms with E-state index in [-0.39, 0.29) is 0 Å². The molecule has 2 saturated heterocycles. The zero-order valence-corrected chi connectivity index (χ0v) is 16.4. The van der Waals surface area contributed by atoms with Gasteiger partial charge in [-0.15, -0.1) is 0 Å². The first-order chi connectivity index (χ1) is 13.3. The third-order valence-corrected chi connectivity index (χ3v) is 6.00. The average molecular weight is 366 g/mol. The third kappa shape index (κ3) is 4.28. The second-order valence-corrected chi connectivity index (χ2v) is 7.63. The zero-order valence-electron chi connectivity index (χ0n) is 16.4. The molecule has 0 amide bonds. The number of para-hydroxylation sites is 2. The number of hydrogen-bond acceptors (Lipinski definition) is 4. The van der Waals surface area contributed by atoms with Crippen molar-refractivity contribution in [2.45, 2.75) is 18.9 Å². The van der Waals surface area contributed by atoms with Crippen LogP contribution in [0.4, 0.5) is 5.69 Å². The molecule has 2 aliphatic rings. The van der Waals surface area contributed by atoms with Crippen LogP contribution in [0, 0.1) is 0 Å². The highest BCUT2D eigenvalue weighted by atomic mass is 16.5. The second-order valence-electron chi connectivity index (χ2n) is 7.63. The lowest BCUT2D eigenvalue weighted by molar-refractivity contribution is 0.155. The molecule has 2 heterocycles. The lowest BCUT2D eigenvalue weighted by Crippen LogP contribution is -2.49. The fourth-order valence-electron chi connectivity index (χ4n) is 4.47. The van der Waals surface area contributed by atoms with Gasteiger partial charge in [0.05, 0.1) is 12.8 Å². The standard InChI is InChI=1S/C23H31N3O/c1-27-23-12-6-5-11-21(23)26-17-15-24(16-18-26)19-22(25-13-7-8-14-25)20-9-3-2-4-10-20/h2-6,9-12,22H,7-8,13-19H2,1H3. The minimum absolute atomic E-state index is 0.520. The molecule has 0 bridgehead atoms. The number of rotatable bonds is 6. The van der Waals surface area contributed by atoms with Crippen molar-refractivity contribution in [3.63, 3.8) is 0 Å². The van der Waals surface area contributed by atoms with Crippen LogP contribution in [-0.2, 0) is 0 Å². The minimum atomic E-state index is 0.520. The first-order valence-corrected chi connectivity index (χ1v) is 10.2. The van der Waals surface area contributed by atoms with Crippen molar-refractivity contribution in [1.29, 1.82) is 0 Å². The first kappa shape index (κ1) is 18.3. The van der Waals surface area contributed by atoms with Crippen molar-refractivity contribution in [3.8, 4) is 5.75 Å². The van der Waals surface area contributed by atoms with Crippen LogP contribution >= 0.6 is 0 Å². The van der Waals surface area contributed by atoms with Crippen LogP contribution in [0.15, 0.2) is 54.6 Å². The summed E-state index contributed by atoms with van der Waals surface area (Å²) in [5.74, 6) is 0.977. The molecule has 2 fully saturated rings. The van der Waals surface area contributed by atoms with Crippen molar-refractivity contribution < 1.29 is 4.74 Å². The summed E-state index contributed by atoms with van der Waals surface area (Å²) in [5, 5.41) is 0. The Labute approximate surface area is 163 Å². The predicted molar refractivity (Wildman–Crippen MR) is 112 cm³/mol. The van der Waals surface area contributed by atoms with Crippen molar-refractivity contribution in [3.05, 3.63) is 60.2 Å². The van der Waals surface area contributed by atoms with Gasteiger partial charge in [0.25, 0.3) is 0 Å². The van der Waals surface area contributed by atoms with E-state index in [0.717, 1.165) is 38.5 Å². The van der Waals surface area contributed by atoms with Gasteiger partial charge in [-0.2, -0.15) is 0 Å². The molecule has 1 unspecified atom stereocenters. The normalized spacial score (nSPS) is 20.0. The van der Waals surface area contributed by atoms with Crippen molar-refractivity contribution in [1.82, 2.24) is 9.80 Å². The maximum absolute atomic E-state index is 5.55. The van der Waals surface area contributed by atoms with Gasteiger partial charge in [0.15, 0.2) is 0 Å². The molecule has 2 aromatic carbocycles. The van der Waals surface area contributed by atoms with Crippen LogP contribution in [0.2, 0.25) is 0 Å². The molecule has 2 aliphatic heterocycles. The van der Waals surface area contributed by atoms with E-state index in [1.54, 1.807) is 7.11 Å². The van der Waals surface area contributed by atoms with Crippen LogP contribution < -0.4 is 9.64 Å². The Bertz CT molecular complexity index is 707.